The zero-order valence-corrected chi connectivity index (χ0v) is 21.3. The van der Waals surface area contributed by atoms with Crippen LogP contribution in [0.2, 0.25) is 5.02 Å². The van der Waals surface area contributed by atoms with Gasteiger partial charge < -0.3 is 24.1 Å². The number of rotatable bonds is 9. The first-order valence-corrected chi connectivity index (χ1v) is 11.8. The lowest BCUT2D eigenvalue weighted by molar-refractivity contribution is -0.156. The summed E-state index contributed by atoms with van der Waals surface area (Å²) in [5.41, 5.74) is -3.49. The van der Waals surface area contributed by atoms with E-state index >= 15 is 0 Å². The fraction of sp³-hybridized carbons (Fsp3) is 0.423. The molecule has 0 radical (unpaired) electrons. The monoisotopic (exact) mass is 528 g/mol. The standard InChI is InChI=1S/C26H28ClF3O6/c1-6-25(7-2,23(31)32)35-17-10-8-16(9-11-17)33-15(3)34-22-13-21-18(12-20(22)27)19(26(28,29)30)14-24(4,5)36-21/h8-15H,6-7H2,1-5H3,(H,31,32). The summed E-state index contributed by atoms with van der Waals surface area (Å²) in [6.45, 7) is 8.13. The van der Waals surface area contributed by atoms with Gasteiger partial charge in [0, 0.05) is 18.6 Å². The van der Waals surface area contributed by atoms with E-state index in [4.69, 9.17) is 30.5 Å². The Morgan fingerprint density at radius 2 is 1.67 bits per heavy atom. The second-order valence-electron chi connectivity index (χ2n) is 8.92. The van der Waals surface area contributed by atoms with Crippen molar-refractivity contribution >= 4 is 23.1 Å². The summed E-state index contributed by atoms with van der Waals surface area (Å²) in [4.78, 5) is 11.6. The molecule has 1 N–H and O–H groups in total. The molecule has 0 aliphatic carbocycles. The van der Waals surface area contributed by atoms with Gasteiger partial charge in [-0.15, -0.1) is 0 Å². The molecule has 0 saturated heterocycles. The van der Waals surface area contributed by atoms with E-state index in [1.807, 2.05) is 0 Å². The topological polar surface area (TPSA) is 74.2 Å². The largest absolute Gasteiger partial charge is 0.483 e. The molecule has 2 aromatic rings. The van der Waals surface area contributed by atoms with E-state index in [1.54, 1.807) is 45.0 Å². The maximum atomic E-state index is 13.6. The molecule has 10 heteroatoms. The van der Waals surface area contributed by atoms with Crippen LogP contribution in [-0.2, 0) is 4.79 Å². The van der Waals surface area contributed by atoms with Crippen LogP contribution >= 0.6 is 11.6 Å². The number of benzene rings is 2. The van der Waals surface area contributed by atoms with Gasteiger partial charge in [-0.1, -0.05) is 25.4 Å². The number of carbonyl (C=O) groups is 1. The first-order valence-electron chi connectivity index (χ1n) is 11.4. The third-order valence-electron chi connectivity index (χ3n) is 5.76. The van der Waals surface area contributed by atoms with Crippen LogP contribution in [0.25, 0.3) is 5.57 Å². The first-order chi connectivity index (χ1) is 16.7. The molecule has 1 aliphatic heterocycles. The quantitative estimate of drug-likeness (QED) is 0.345. The van der Waals surface area contributed by atoms with Gasteiger partial charge in [0.2, 0.25) is 11.9 Å². The highest BCUT2D eigenvalue weighted by atomic mass is 35.5. The number of ether oxygens (including phenoxy) is 4. The Labute approximate surface area is 212 Å². The summed E-state index contributed by atoms with van der Waals surface area (Å²) in [6.07, 6.45) is -3.83. The Kier molecular flexibility index (Phi) is 7.74. The lowest BCUT2D eigenvalue weighted by atomic mass is 9.94. The fourth-order valence-corrected chi connectivity index (χ4v) is 4.05. The number of fused-ring (bicyclic) bond motifs is 1. The van der Waals surface area contributed by atoms with Crippen LogP contribution in [0, 0.1) is 0 Å². The van der Waals surface area contributed by atoms with Crippen molar-refractivity contribution in [2.45, 2.75) is 71.1 Å². The number of halogens is 4. The van der Waals surface area contributed by atoms with Crippen LogP contribution in [0.15, 0.2) is 42.5 Å². The van der Waals surface area contributed by atoms with Crippen LogP contribution in [0.5, 0.6) is 23.0 Å². The molecule has 0 bridgehead atoms. The van der Waals surface area contributed by atoms with E-state index in [2.05, 4.69) is 0 Å². The van der Waals surface area contributed by atoms with Crippen molar-refractivity contribution in [3.63, 3.8) is 0 Å². The van der Waals surface area contributed by atoms with Gasteiger partial charge in [-0.05, 0) is 63.1 Å². The maximum absolute atomic E-state index is 13.6. The normalized spacial score (nSPS) is 15.8. The molecule has 3 rings (SSSR count). The number of allylic oxidation sites excluding steroid dienone is 1. The minimum absolute atomic E-state index is 0.00307. The minimum Gasteiger partial charge on any atom is -0.483 e. The summed E-state index contributed by atoms with van der Waals surface area (Å²) in [7, 11) is 0. The van der Waals surface area contributed by atoms with E-state index in [0.29, 0.717) is 24.3 Å². The second-order valence-corrected chi connectivity index (χ2v) is 9.33. The molecule has 1 unspecified atom stereocenters. The molecule has 1 heterocycles. The number of hydrogen-bond acceptors (Lipinski definition) is 5. The summed E-state index contributed by atoms with van der Waals surface area (Å²) in [5, 5.41) is 9.50. The van der Waals surface area contributed by atoms with Crippen molar-refractivity contribution in [3.05, 3.63) is 53.1 Å². The van der Waals surface area contributed by atoms with E-state index in [-0.39, 0.29) is 22.1 Å². The molecule has 0 saturated carbocycles. The van der Waals surface area contributed by atoms with Gasteiger partial charge in [0.05, 0.1) is 10.6 Å². The van der Waals surface area contributed by atoms with Crippen LogP contribution < -0.4 is 18.9 Å². The first kappa shape index (κ1) is 27.5. The Hall–Kier alpha value is -3.07. The Morgan fingerprint density at radius 3 is 2.19 bits per heavy atom. The highest BCUT2D eigenvalue weighted by Gasteiger charge is 2.42. The van der Waals surface area contributed by atoms with Crippen LogP contribution in [-0.4, -0.2) is 34.7 Å². The van der Waals surface area contributed by atoms with Gasteiger partial charge in [0.15, 0.2) is 0 Å². The molecule has 0 fully saturated rings. The number of aliphatic carboxylic acids is 1. The molecule has 1 atom stereocenters. The van der Waals surface area contributed by atoms with Crippen LogP contribution in [0.3, 0.4) is 0 Å². The minimum atomic E-state index is -4.58. The van der Waals surface area contributed by atoms with Crippen LogP contribution in [0.4, 0.5) is 13.2 Å². The molecule has 0 spiro atoms. The zero-order valence-electron chi connectivity index (χ0n) is 20.5. The lowest BCUT2D eigenvalue weighted by Gasteiger charge is -2.32. The summed E-state index contributed by atoms with van der Waals surface area (Å²) < 4.78 is 63.7. The van der Waals surface area contributed by atoms with Crippen molar-refractivity contribution < 1.29 is 42.0 Å². The number of alkyl halides is 3. The van der Waals surface area contributed by atoms with E-state index in [0.717, 1.165) is 12.1 Å². The number of hydrogen-bond donors (Lipinski definition) is 1. The molecule has 6 nitrogen and oxygen atoms in total. The summed E-state index contributed by atoms with van der Waals surface area (Å²) in [6, 6.07) is 8.82. The Morgan fingerprint density at radius 1 is 1.08 bits per heavy atom. The average molecular weight is 529 g/mol. The second kappa shape index (κ2) is 10.1. The number of carboxylic acid groups (broad SMARTS) is 1. The smallest absolute Gasteiger partial charge is 0.416 e. The predicted molar refractivity (Wildman–Crippen MR) is 129 cm³/mol. The van der Waals surface area contributed by atoms with Gasteiger partial charge in [0.1, 0.15) is 28.6 Å². The van der Waals surface area contributed by atoms with Crippen molar-refractivity contribution in [1.82, 2.24) is 0 Å². The van der Waals surface area contributed by atoms with Gasteiger partial charge in [-0.3, -0.25) is 0 Å². The van der Waals surface area contributed by atoms with E-state index < -0.39 is 35.2 Å². The molecular weight excluding hydrogens is 501 g/mol. The third-order valence-corrected chi connectivity index (χ3v) is 6.05. The van der Waals surface area contributed by atoms with E-state index in [1.165, 1.54) is 19.9 Å². The van der Waals surface area contributed by atoms with Gasteiger partial charge in [-0.25, -0.2) is 4.79 Å². The molecular formula is C26H28ClF3O6. The third kappa shape index (κ3) is 6.00. The van der Waals surface area contributed by atoms with Gasteiger partial charge in [-0.2, -0.15) is 13.2 Å². The maximum Gasteiger partial charge on any atom is 0.416 e. The van der Waals surface area contributed by atoms with Crippen molar-refractivity contribution in [1.29, 1.82) is 0 Å². The zero-order chi connectivity index (χ0) is 26.9. The van der Waals surface area contributed by atoms with Crippen molar-refractivity contribution in [3.8, 4) is 23.0 Å². The SMILES string of the molecule is CCC(CC)(Oc1ccc(OC(C)Oc2cc3c(cc2Cl)C(C(F)(F)F)=CC(C)(C)O3)cc1)C(=O)O. The van der Waals surface area contributed by atoms with Crippen LogP contribution in [0.1, 0.15) is 53.0 Å². The fourth-order valence-electron chi connectivity index (χ4n) is 3.84. The highest BCUT2D eigenvalue weighted by molar-refractivity contribution is 6.32. The molecule has 0 amide bonds. The summed E-state index contributed by atoms with van der Waals surface area (Å²) in [5.74, 6) is -0.177. The molecule has 0 aromatic heterocycles. The highest BCUT2D eigenvalue weighted by Crippen LogP contribution is 2.47. The average Bonchev–Trinajstić information content (AvgIpc) is 2.78. The summed E-state index contributed by atoms with van der Waals surface area (Å²) >= 11 is 6.23. The van der Waals surface area contributed by atoms with E-state index in [9.17, 15) is 23.1 Å². The lowest BCUT2D eigenvalue weighted by Crippen LogP contribution is -2.43. The molecule has 36 heavy (non-hydrogen) atoms. The van der Waals surface area contributed by atoms with Crippen molar-refractivity contribution in [2.24, 2.45) is 0 Å². The molecule has 1 aliphatic rings. The molecule has 2 aromatic carbocycles. The Balaban J connectivity index is 1.74. The van der Waals surface area contributed by atoms with Gasteiger partial charge in [0.25, 0.3) is 0 Å². The number of carboxylic acids is 1. The molecule has 196 valence electrons. The predicted octanol–water partition coefficient (Wildman–Crippen LogP) is 7.28. The Bertz CT molecular complexity index is 1140. The van der Waals surface area contributed by atoms with Crippen molar-refractivity contribution in [2.75, 3.05) is 0 Å². The van der Waals surface area contributed by atoms with Gasteiger partial charge >= 0.3 is 12.1 Å².